The Morgan fingerprint density at radius 1 is 1.39 bits per heavy atom. The summed E-state index contributed by atoms with van der Waals surface area (Å²) < 4.78 is 13.2. The third-order valence-electron chi connectivity index (χ3n) is 2.40. The molecule has 2 rings (SSSR count). The zero-order valence-electron chi connectivity index (χ0n) is 9.77. The molecule has 1 aromatic carbocycles. The van der Waals surface area contributed by atoms with E-state index in [1.54, 1.807) is 13.0 Å². The predicted molar refractivity (Wildman–Crippen MR) is 67.7 cm³/mol. The maximum absolute atomic E-state index is 13.2. The van der Waals surface area contributed by atoms with Crippen molar-refractivity contribution in [2.45, 2.75) is 6.92 Å². The van der Waals surface area contributed by atoms with Gasteiger partial charge in [0.15, 0.2) is 0 Å². The van der Waals surface area contributed by atoms with Crippen LogP contribution in [0.4, 0.5) is 15.8 Å². The van der Waals surface area contributed by atoms with Crippen molar-refractivity contribution >= 4 is 17.3 Å². The van der Waals surface area contributed by atoms with E-state index in [1.807, 2.05) is 0 Å². The number of nitrogen functional groups attached to an aromatic ring is 1. The van der Waals surface area contributed by atoms with Gasteiger partial charge in [0.25, 0.3) is 5.91 Å². The average molecular weight is 245 g/mol. The highest BCUT2D eigenvalue weighted by molar-refractivity contribution is 6.07. The summed E-state index contributed by atoms with van der Waals surface area (Å²) in [5, 5.41) is 2.58. The summed E-state index contributed by atoms with van der Waals surface area (Å²) in [7, 11) is 0. The number of anilines is 2. The van der Waals surface area contributed by atoms with Crippen LogP contribution in [0.25, 0.3) is 0 Å². The fraction of sp³-hybridized carbons (Fsp3) is 0.0769. The number of carbonyl (C=O) groups is 1. The van der Waals surface area contributed by atoms with Crippen LogP contribution >= 0.6 is 0 Å². The number of halogens is 1. The first kappa shape index (κ1) is 12.0. The molecular formula is C13H12FN3O. The zero-order valence-corrected chi connectivity index (χ0v) is 9.77. The summed E-state index contributed by atoms with van der Waals surface area (Å²) in [4.78, 5) is 15.7. The first-order valence-corrected chi connectivity index (χ1v) is 5.34. The number of aryl methyl sites for hydroxylation is 1. The van der Waals surface area contributed by atoms with Gasteiger partial charge in [-0.15, -0.1) is 0 Å². The topological polar surface area (TPSA) is 68.0 Å². The Hall–Kier alpha value is -2.43. The normalized spacial score (nSPS) is 10.1. The molecule has 0 spiro atoms. The molecule has 18 heavy (non-hydrogen) atoms. The van der Waals surface area contributed by atoms with Gasteiger partial charge in [0.1, 0.15) is 5.82 Å². The number of nitrogens with two attached hydrogens (primary N) is 1. The second-order valence-corrected chi connectivity index (χ2v) is 3.93. The lowest BCUT2D eigenvalue weighted by Gasteiger charge is -2.07. The zero-order chi connectivity index (χ0) is 13.1. The van der Waals surface area contributed by atoms with Gasteiger partial charge in [0.2, 0.25) is 0 Å². The number of rotatable bonds is 2. The van der Waals surface area contributed by atoms with Crippen LogP contribution in [0.15, 0.2) is 36.7 Å². The minimum Gasteiger partial charge on any atom is -0.398 e. The van der Waals surface area contributed by atoms with E-state index in [4.69, 9.17) is 5.73 Å². The molecule has 3 N–H and O–H groups in total. The fourth-order valence-corrected chi connectivity index (χ4v) is 1.60. The van der Waals surface area contributed by atoms with Crippen molar-refractivity contribution in [2.24, 2.45) is 0 Å². The summed E-state index contributed by atoms with van der Waals surface area (Å²) in [6, 6.07) is 5.84. The maximum Gasteiger partial charge on any atom is 0.259 e. The maximum atomic E-state index is 13.2. The van der Waals surface area contributed by atoms with Crippen LogP contribution < -0.4 is 11.1 Å². The van der Waals surface area contributed by atoms with Gasteiger partial charge in [0.05, 0.1) is 5.56 Å². The van der Waals surface area contributed by atoms with E-state index >= 15 is 0 Å². The van der Waals surface area contributed by atoms with Crippen LogP contribution in [-0.2, 0) is 0 Å². The molecule has 1 aromatic heterocycles. The van der Waals surface area contributed by atoms with Crippen molar-refractivity contribution in [1.29, 1.82) is 0 Å². The second kappa shape index (κ2) is 4.83. The number of hydrogen-bond acceptors (Lipinski definition) is 3. The van der Waals surface area contributed by atoms with Crippen molar-refractivity contribution in [3.05, 3.63) is 53.6 Å². The van der Waals surface area contributed by atoms with Crippen LogP contribution in [0.3, 0.4) is 0 Å². The van der Waals surface area contributed by atoms with Crippen molar-refractivity contribution in [3.63, 3.8) is 0 Å². The Morgan fingerprint density at radius 3 is 2.83 bits per heavy atom. The molecule has 0 saturated carbocycles. The van der Waals surface area contributed by atoms with Gasteiger partial charge < -0.3 is 11.1 Å². The number of nitrogens with zero attached hydrogens (tertiary/aromatic N) is 1. The van der Waals surface area contributed by atoms with E-state index in [2.05, 4.69) is 10.3 Å². The molecular weight excluding hydrogens is 233 g/mol. The number of nitrogens with one attached hydrogen (secondary N) is 1. The van der Waals surface area contributed by atoms with Crippen molar-refractivity contribution in [1.82, 2.24) is 4.98 Å². The van der Waals surface area contributed by atoms with Gasteiger partial charge in [-0.3, -0.25) is 9.78 Å². The molecule has 92 valence electrons. The van der Waals surface area contributed by atoms with Gasteiger partial charge in [0, 0.05) is 23.8 Å². The summed E-state index contributed by atoms with van der Waals surface area (Å²) >= 11 is 0. The summed E-state index contributed by atoms with van der Waals surface area (Å²) in [6.45, 7) is 1.75. The molecule has 0 radical (unpaired) electrons. The first-order chi connectivity index (χ1) is 8.56. The molecule has 0 aliphatic carbocycles. The Kier molecular flexibility index (Phi) is 3.23. The lowest BCUT2D eigenvalue weighted by molar-refractivity contribution is 0.102. The molecule has 0 aliphatic heterocycles. The smallest absolute Gasteiger partial charge is 0.259 e. The molecule has 1 amide bonds. The Labute approximate surface area is 104 Å². The molecule has 0 fully saturated rings. The molecule has 2 aromatic rings. The van der Waals surface area contributed by atoms with Crippen molar-refractivity contribution < 1.29 is 9.18 Å². The monoisotopic (exact) mass is 245 g/mol. The highest BCUT2D eigenvalue weighted by Gasteiger charge is 2.10. The van der Waals surface area contributed by atoms with Gasteiger partial charge in [-0.25, -0.2) is 4.39 Å². The summed E-state index contributed by atoms with van der Waals surface area (Å²) in [5.41, 5.74) is 7.37. The van der Waals surface area contributed by atoms with E-state index in [-0.39, 0.29) is 5.56 Å². The molecule has 0 aliphatic rings. The number of amides is 1. The van der Waals surface area contributed by atoms with E-state index in [9.17, 15) is 9.18 Å². The SMILES string of the molecule is Cc1cc(F)cc(NC(=O)c2cnccc2N)c1. The van der Waals surface area contributed by atoms with E-state index in [1.165, 1.54) is 30.6 Å². The number of hydrogen-bond donors (Lipinski definition) is 2. The van der Waals surface area contributed by atoms with Crippen LogP contribution in [0.1, 0.15) is 15.9 Å². The largest absolute Gasteiger partial charge is 0.398 e. The van der Waals surface area contributed by atoms with Crippen LogP contribution in [0.2, 0.25) is 0 Å². The Bertz CT molecular complexity index is 578. The van der Waals surface area contributed by atoms with Crippen molar-refractivity contribution in [2.75, 3.05) is 11.1 Å². The number of aromatic nitrogens is 1. The van der Waals surface area contributed by atoms with Crippen molar-refractivity contribution in [3.8, 4) is 0 Å². The summed E-state index contributed by atoms with van der Waals surface area (Å²) in [5.74, 6) is -0.810. The van der Waals surface area contributed by atoms with Gasteiger partial charge in [-0.05, 0) is 36.8 Å². The average Bonchev–Trinajstić information content (AvgIpc) is 2.27. The first-order valence-electron chi connectivity index (χ1n) is 5.34. The molecule has 0 saturated heterocycles. The third-order valence-corrected chi connectivity index (χ3v) is 2.40. The quantitative estimate of drug-likeness (QED) is 0.853. The van der Waals surface area contributed by atoms with Crippen LogP contribution in [-0.4, -0.2) is 10.9 Å². The van der Waals surface area contributed by atoms with E-state index in [0.717, 1.165) is 5.56 Å². The van der Waals surface area contributed by atoms with Gasteiger partial charge in [-0.2, -0.15) is 0 Å². The fourth-order valence-electron chi connectivity index (χ4n) is 1.60. The predicted octanol–water partition coefficient (Wildman–Crippen LogP) is 2.36. The van der Waals surface area contributed by atoms with E-state index in [0.29, 0.717) is 11.4 Å². The Balaban J connectivity index is 2.24. The minimum absolute atomic E-state index is 0.263. The van der Waals surface area contributed by atoms with Gasteiger partial charge in [-0.1, -0.05) is 0 Å². The number of carbonyl (C=O) groups excluding carboxylic acids is 1. The molecule has 0 unspecified atom stereocenters. The highest BCUT2D eigenvalue weighted by Crippen LogP contribution is 2.16. The Morgan fingerprint density at radius 2 is 2.17 bits per heavy atom. The second-order valence-electron chi connectivity index (χ2n) is 3.93. The minimum atomic E-state index is -0.411. The lowest BCUT2D eigenvalue weighted by Crippen LogP contribution is -2.14. The molecule has 4 nitrogen and oxygen atoms in total. The number of pyridine rings is 1. The van der Waals surface area contributed by atoms with E-state index < -0.39 is 11.7 Å². The van der Waals surface area contributed by atoms with Crippen LogP contribution in [0.5, 0.6) is 0 Å². The molecule has 0 bridgehead atoms. The standard InChI is InChI=1S/C13H12FN3O/c1-8-4-9(14)6-10(5-8)17-13(18)11-7-16-3-2-12(11)15/h2-7H,1H3,(H2,15,16)(H,17,18). The van der Waals surface area contributed by atoms with Crippen LogP contribution in [0, 0.1) is 12.7 Å². The summed E-state index contributed by atoms with van der Waals surface area (Å²) in [6.07, 6.45) is 2.87. The lowest BCUT2D eigenvalue weighted by atomic mass is 10.2. The molecule has 0 atom stereocenters. The highest BCUT2D eigenvalue weighted by atomic mass is 19.1. The molecule has 1 heterocycles. The number of benzene rings is 1. The molecule has 5 heteroatoms. The third kappa shape index (κ3) is 2.63. The van der Waals surface area contributed by atoms with Gasteiger partial charge >= 0.3 is 0 Å².